The molecule has 1 amide bonds. The first-order valence-electron chi connectivity index (χ1n) is 14.6. The van der Waals surface area contributed by atoms with Crippen LogP contribution in [0.1, 0.15) is 112 Å². The first kappa shape index (κ1) is 25.5. The molecule has 0 atom stereocenters. The van der Waals surface area contributed by atoms with Gasteiger partial charge >= 0.3 is 0 Å². The van der Waals surface area contributed by atoms with Gasteiger partial charge in [0.2, 0.25) is 0 Å². The predicted octanol–water partition coefficient (Wildman–Crippen LogP) is 6.55. The van der Waals surface area contributed by atoms with Crippen LogP contribution in [0, 0.1) is 12.8 Å². The van der Waals surface area contributed by atoms with Gasteiger partial charge in [0.25, 0.3) is 12.4 Å². The number of nitrogens with one attached hydrogen (secondary N) is 1. The molecule has 6 nitrogen and oxygen atoms in total. The number of benzene rings is 1. The highest BCUT2D eigenvalue weighted by molar-refractivity contribution is 5.97. The molecule has 1 spiro atoms. The highest BCUT2D eigenvalue weighted by atomic mass is 16.6. The van der Waals surface area contributed by atoms with Crippen LogP contribution in [0.5, 0.6) is 5.75 Å². The van der Waals surface area contributed by atoms with Crippen LogP contribution >= 0.6 is 0 Å². The van der Waals surface area contributed by atoms with Crippen molar-refractivity contribution in [1.29, 1.82) is 0 Å². The summed E-state index contributed by atoms with van der Waals surface area (Å²) in [4.78, 5) is 24.5. The van der Waals surface area contributed by atoms with Gasteiger partial charge in [0.15, 0.2) is 5.72 Å². The molecule has 0 saturated heterocycles. The Morgan fingerprint density at radius 2 is 1.84 bits per heavy atom. The van der Waals surface area contributed by atoms with Crippen molar-refractivity contribution in [2.45, 2.75) is 115 Å². The van der Waals surface area contributed by atoms with Gasteiger partial charge in [-0.25, -0.2) is 0 Å². The zero-order valence-corrected chi connectivity index (χ0v) is 23.5. The summed E-state index contributed by atoms with van der Waals surface area (Å²) < 4.78 is 14.0. The quantitative estimate of drug-likeness (QED) is 0.333. The lowest BCUT2D eigenvalue weighted by Gasteiger charge is -2.33. The summed E-state index contributed by atoms with van der Waals surface area (Å²) in [7, 11) is 0. The second-order valence-corrected chi connectivity index (χ2v) is 13.3. The molecule has 1 N–H and O–H groups in total. The van der Waals surface area contributed by atoms with Crippen LogP contribution in [-0.2, 0) is 26.9 Å². The normalized spacial score (nSPS) is 21.4. The third-order valence-electron chi connectivity index (χ3n) is 9.54. The maximum absolute atomic E-state index is 13.5. The Morgan fingerprint density at radius 3 is 2.47 bits per heavy atom. The third kappa shape index (κ3) is 4.54. The zero-order chi connectivity index (χ0) is 26.7. The van der Waals surface area contributed by atoms with E-state index < -0.39 is 5.72 Å². The van der Waals surface area contributed by atoms with Crippen LogP contribution in [0.25, 0.3) is 11.3 Å². The van der Waals surface area contributed by atoms with Crippen LogP contribution < -0.4 is 10.1 Å². The molecule has 6 heteroatoms. The minimum Gasteiger partial charge on any atom is -0.493 e. The highest BCUT2D eigenvalue weighted by Gasteiger charge is 2.49. The molecular formula is C32H42N2O4. The van der Waals surface area contributed by atoms with Gasteiger partial charge in [-0.1, -0.05) is 40.0 Å². The molecule has 0 radical (unpaired) electrons. The topological polar surface area (TPSA) is 69.6 Å². The van der Waals surface area contributed by atoms with E-state index in [9.17, 15) is 9.59 Å². The molecule has 0 bridgehead atoms. The number of carbonyl (C=O) groups is 2. The number of rotatable bonds is 7. The summed E-state index contributed by atoms with van der Waals surface area (Å²) in [5, 5.41) is 3.00. The van der Waals surface area contributed by atoms with Gasteiger partial charge in [0.1, 0.15) is 5.75 Å². The fraction of sp³-hybridized carbons (Fsp3) is 0.625. The molecule has 3 saturated carbocycles. The molecule has 3 aliphatic carbocycles. The third-order valence-corrected chi connectivity index (χ3v) is 9.54. The largest absolute Gasteiger partial charge is 0.493 e. The van der Waals surface area contributed by atoms with Crippen LogP contribution in [-0.4, -0.2) is 29.3 Å². The van der Waals surface area contributed by atoms with Crippen molar-refractivity contribution in [2.24, 2.45) is 5.92 Å². The maximum Gasteiger partial charge on any atom is 0.295 e. The summed E-state index contributed by atoms with van der Waals surface area (Å²) in [6.07, 6.45) is 11.2. The molecule has 4 aliphatic rings. The Kier molecular flexibility index (Phi) is 6.16. The van der Waals surface area contributed by atoms with E-state index in [0.717, 1.165) is 36.7 Å². The molecule has 1 aliphatic heterocycles. The van der Waals surface area contributed by atoms with Crippen molar-refractivity contribution in [3.8, 4) is 17.0 Å². The van der Waals surface area contributed by atoms with Gasteiger partial charge in [-0.15, -0.1) is 0 Å². The van der Waals surface area contributed by atoms with Crippen LogP contribution in [0.4, 0.5) is 0 Å². The first-order chi connectivity index (χ1) is 18.1. The first-order valence-corrected chi connectivity index (χ1v) is 14.6. The number of ether oxygens (including phenoxy) is 2. The van der Waals surface area contributed by atoms with Crippen LogP contribution in [0.3, 0.4) is 0 Å². The Balaban J connectivity index is 1.46. The van der Waals surface area contributed by atoms with E-state index in [1.807, 2.05) is 0 Å². The van der Waals surface area contributed by atoms with Crippen molar-refractivity contribution < 1.29 is 19.1 Å². The maximum atomic E-state index is 13.5. The zero-order valence-electron chi connectivity index (χ0n) is 23.5. The lowest BCUT2D eigenvalue weighted by Crippen LogP contribution is -2.39. The van der Waals surface area contributed by atoms with Crippen LogP contribution in [0.2, 0.25) is 0 Å². The summed E-state index contributed by atoms with van der Waals surface area (Å²) in [6.45, 7) is 11.0. The van der Waals surface area contributed by atoms with E-state index >= 15 is 0 Å². The number of carbonyl (C=O) groups excluding carboxylic acids is 2. The van der Waals surface area contributed by atoms with E-state index in [2.05, 4.69) is 55.8 Å². The van der Waals surface area contributed by atoms with Gasteiger partial charge in [-0.2, -0.15) is 0 Å². The van der Waals surface area contributed by atoms with E-state index in [-0.39, 0.29) is 16.7 Å². The van der Waals surface area contributed by atoms with E-state index in [4.69, 9.17) is 9.47 Å². The SMILES string of the molecule is Cc1c(C(=O)NC2(OC=O)CC2)cc(-c2cc(C(C)(C)C)c3c(c2)C2(CCO3)CC2)n1CC1CCCCC1. The number of nitrogens with zero attached hydrogens (tertiary/aromatic N) is 1. The number of hydrogen-bond donors (Lipinski definition) is 1. The molecule has 1 aromatic heterocycles. The van der Waals surface area contributed by atoms with Gasteiger partial charge in [-0.05, 0) is 74.1 Å². The van der Waals surface area contributed by atoms with Gasteiger partial charge < -0.3 is 19.4 Å². The monoisotopic (exact) mass is 518 g/mol. The molecular weight excluding hydrogens is 476 g/mol. The molecule has 204 valence electrons. The van der Waals surface area contributed by atoms with E-state index in [1.54, 1.807) is 0 Å². The lowest BCUT2D eigenvalue weighted by molar-refractivity contribution is -0.136. The van der Waals surface area contributed by atoms with Gasteiger partial charge in [-0.3, -0.25) is 9.59 Å². The second kappa shape index (κ2) is 9.17. The number of hydrogen-bond acceptors (Lipinski definition) is 4. The van der Waals surface area contributed by atoms with Crippen molar-refractivity contribution >= 4 is 12.4 Å². The molecule has 2 aromatic rings. The van der Waals surface area contributed by atoms with Crippen molar-refractivity contribution in [1.82, 2.24) is 9.88 Å². The highest BCUT2D eigenvalue weighted by Crippen LogP contribution is 2.58. The standard InChI is InChI=1S/C32H42N2O4/c1-21-24(29(36)33-32(12-13-32)38-20-35)18-27(34(21)19-22-8-6-5-7-9-22)23-16-25(30(2,3)4)28-26(17-23)31(10-11-31)14-15-37-28/h16-18,20,22H,5-15,19H2,1-4H3,(H,33,36). The molecule has 0 unspecified atom stereocenters. The number of aromatic nitrogens is 1. The Labute approximate surface area is 226 Å². The van der Waals surface area contributed by atoms with Crippen molar-refractivity contribution in [2.75, 3.05) is 6.61 Å². The molecule has 6 rings (SSSR count). The Bertz CT molecular complexity index is 1240. The lowest BCUT2D eigenvalue weighted by atomic mass is 9.79. The molecule has 3 fully saturated rings. The fourth-order valence-electron chi connectivity index (χ4n) is 6.77. The molecule has 1 aromatic carbocycles. The Morgan fingerprint density at radius 1 is 1.11 bits per heavy atom. The second-order valence-electron chi connectivity index (χ2n) is 13.3. The molecule has 2 heterocycles. The smallest absolute Gasteiger partial charge is 0.295 e. The number of amides is 1. The predicted molar refractivity (Wildman–Crippen MR) is 147 cm³/mol. The van der Waals surface area contributed by atoms with Crippen molar-refractivity contribution in [3.05, 3.63) is 40.6 Å². The Hall–Kier alpha value is -2.76. The summed E-state index contributed by atoms with van der Waals surface area (Å²) in [5.74, 6) is 1.55. The van der Waals surface area contributed by atoms with Gasteiger partial charge in [0.05, 0.1) is 12.2 Å². The van der Waals surface area contributed by atoms with Gasteiger partial charge in [0, 0.05) is 47.3 Å². The fourth-order valence-corrected chi connectivity index (χ4v) is 6.77. The molecule has 38 heavy (non-hydrogen) atoms. The minimum atomic E-state index is -0.835. The van der Waals surface area contributed by atoms with Crippen LogP contribution in [0.15, 0.2) is 18.2 Å². The van der Waals surface area contributed by atoms with E-state index in [1.165, 1.54) is 61.6 Å². The summed E-state index contributed by atoms with van der Waals surface area (Å²) in [6, 6.07) is 6.75. The van der Waals surface area contributed by atoms with E-state index in [0.29, 0.717) is 30.8 Å². The summed E-state index contributed by atoms with van der Waals surface area (Å²) in [5.41, 5.74) is 5.90. The van der Waals surface area contributed by atoms with Crippen molar-refractivity contribution in [3.63, 3.8) is 0 Å². The number of fused-ring (bicyclic) bond motifs is 2. The average molecular weight is 519 g/mol. The minimum absolute atomic E-state index is 0.0614. The average Bonchev–Trinajstić information content (AvgIpc) is 3.80. The summed E-state index contributed by atoms with van der Waals surface area (Å²) >= 11 is 0.